The third-order valence-electron chi connectivity index (χ3n) is 2.81. The number of aliphatic hydroxyl groups is 1. The molecule has 96 valence electrons. The van der Waals surface area contributed by atoms with E-state index in [1.165, 1.54) is 17.7 Å². The largest absolute Gasteiger partial charge is 0.384 e. The Kier molecular flexibility index (Phi) is 3.33. The fourth-order valence-electron chi connectivity index (χ4n) is 1.87. The van der Waals surface area contributed by atoms with E-state index in [2.05, 4.69) is 15.2 Å². The van der Waals surface area contributed by atoms with Crippen molar-refractivity contribution in [1.29, 1.82) is 0 Å². The number of nitrogens with zero attached hydrogens (tertiary/aromatic N) is 2. The normalized spacial score (nSPS) is 12.5. The van der Waals surface area contributed by atoms with Gasteiger partial charge in [-0.05, 0) is 29.1 Å². The standard InChI is InChI=1S/C13H10ClN3OS/c14-9-3-1-8(2-4-9)11(18)10-5-6-19-12(10)13-15-7-16-17-13/h1-7,11,18H,(H,15,16,17). The molecule has 6 heteroatoms. The Morgan fingerprint density at radius 2 is 2.00 bits per heavy atom. The van der Waals surface area contributed by atoms with Crippen LogP contribution in [0.25, 0.3) is 10.7 Å². The molecule has 4 nitrogen and oxygen atoms in total. The van der Waals surface area contributed by atoms with Gasteiger partial charge in [-0.15, -0.1) is 11.3 Å². The van der Waals surface area contributed by atoms with Crippen LogP contribution in [0.1, 0.15) is 17.2 Å². The van der Waals surface area contributed by atoms with Crippen molar-refractivity contribution in [2.45, 2.75) is 6.10 Å². The second-order valence-corrected chi connectivity index (χ2v) is 5.35. The molecule has 0 aliphatic heterocycles. The lowest BCUT2D eigenvalue weighted by atomic mass is 10.0. The van der Waals surface area contributed by atoms with Crippen molar-refractivity contribution in [2.24, 2.45) is 0 Å². The highest BCUT2D eigenvalue weighted by Crippen LogP contribution is 2.34. The molecule has 0 radical (unpaired) electrons. The Morgan fingerprint density at radius 1 is 1.21 bits per heavy atom. The van der Waals surface area contributed by atoms with Crippen LogP contribution in [-0.2, 0) is 0 Å². The Bertz CT molecular complexity index is 664. The van der Waals surface area contributed by atoms with E-state index in [0.29, 0.717) is 10.8 Å². The van der Waals surface area contributed by atoms with E-state index in [-0.39, 0.29) is 0 Å². The molecule has 0 spiro atoms. The molecule has 0 saturated heterocycles. The van der Waals surface area contributed by atoms with Gasteiger partial charge >= 0.3 is 0 Å². The quantitative estimate of drug-likeness (QED) is 0.778. The summed E-state index contributed by atoms with van der Waals surface area (Å²) in [7, 11) is 0. The summed E-state index contributed by atoms with van der Waals surface area (Å²) in [6.07, 6.45) is 0.747. The van der Waals surface area contributed by atoms with Crippen LogP contribution >= 0.6 is 22.9 Å². The first-order valence-electron chi connectivity index (χ1n) is 5.62. The van der Waals surface area contributed by atoms with Crippen LogP contribution in [0.4, 0.5) is 0 Å². The first kappa shape index (κ1) is 12.3. The SMILES string of the molecule is OC(c1ccc(Cl)cc1)c1ccsc1-c1ncn[nH]1. The molecule has 0 aliphatic carbocycles. The summed E-state index contributed by atoms with van der Waals surface area (Å²) in [4.78, 5) is 5.01. The van der Waals surface area contributed by atoms with Gasteiger partial charge < -0.3 is 5.11 Å². The lowest BCUT2D eigenvalue weighted by molar-refractivity contribution is 0.221. The van der Waals surface area contributed by atoms with Gasteiger partial charge in [-0.2, -0.15) is 5.10 Å². The summed E-state index contributed by atoms with van der Waals surface area (Å²) in [5, 5.41) is 19.7. The van der Waals surface area contributed by atoms with Gasteiger partial charge in [0.2, 0.25) is 0 Å². The maximum atomic E-state index is 10.5. The van der Waals surface area contributed by atoms with Crippen LogP contribution in [0.15, 0.2) is 42.0 Å². The summed E-state index contributed by atoms with van der Waals surface area (Å²) >= 11 is 7.36. The molecular weight excluding hydrogens is 282 g/mol. The van der Waals surface area contributed by atoms with E-state index in [1.54, 1.807) is 12.1 Å². The average Bonchev–Trinajstić information content (AvgIpc) is 3.09. The van der Waals surface area contributed by atoms with Crippen LogP contribution in [0.5, 0.6) is 0 Å². The van der Waals surface area contributed by atoms with Gasteiger partial charge in [-0.3, -0.25) is 5.10 Å². The summed E-state index contributed by atoms with van der Waals surface area (Å²) in [6, 6.07) is 9.05. The molecule has 1 atom stereocenters. The topological polar surface area (TPSA) is 61.8 Å². The number of aromatic nitrogens is 3. The zero-order valence-corrected chi connectivity index (χ0v) is 11.3. The molecule has 3 rings (SSSR count). The molecule has 0 aliphatic rings. The van der Waals surface area contributed by atoms with Crippen LogP contribution < -0.4 is 0 Å². The number of hydrogen-bond acceptors (Lipinski definition) is 4. The molecular formula is C13H10ClN3OS. The number of halogens is 1. The molecule has 2 N–H and O–H groups in total. The number of aromatic amines is 1. The zero-order chi connectivity index (χ0) is 13.2. The summed E-state index contributed by atoms with van der Waals surface area (Å²) in [5.41, 5.74) is 1.60. The lowest BCUT2D eigenvalue weighted by Crippen LogP contribution is -1.99. The molecule has 1 unspecified atom stereocenters. The Morgan fingerprint density at radius 3 is 2.68 bits per heavy atom. The van der Waals surface area contributed by atoms with E-state index in [9.17, 15) is 5.11 Å². The van der Waals surface area contributed by atoms with E-state index >= 15 is 0 Å². The summed E-state index contributed by atoms with van der Waals surface area (Å²) < 4.78 is 0. The number of aliphatic hydroxyl groups excluding tert-OH is 1. The predicted octanol–water partition coefficient (Wildman–Crippen LogP) is 3.27. The van der Waals surface area contributed by atoms with Gasteiger partial charge in [0.05, 0.1) is 4.88 Å². The van der Waals surface area contributed by atoms with Crippen molar-refractivity contribution in [1.82, 2.24) is 15.2 Å². The number of rotatable bonds is 3. The minimum absolute atomic E-state index is 0.650. The van der Waals surface area contributed by atoms with Gasteiger partial charge in [0.1, 0.15) is 12.4 Å². The summed E-state index contributed by atoms with van der Waals surface area (Å²) in [5.74, 6) is 0.665. The first-order chi connectivity index (χ1) is 9.25. The minimum Gasteiger partial charge on any atom is -0.384 e. The van der Waals surface area contributed by atoms with Gasteiger partial charge in [-0.25, -0.2) is 4.98 Å². The fourth-order valence-corrected chi connectivity index (χ4v) is 2.87. The van der Waals surface area contributed by atoms with Crippen molar-refractivity contribution in [2.75, 3.05) is 0 Å². The van der Waals surface area contributed by atoms with Crippen LogP contribution in [0.3, 0.4) is 0 Å². The molecule has 0 saturated carbocycles. The van der Waals surface area contributed by atoms with Gasteiger partial charge in [0.15, 0.2) is 5.82 Å². The van der Waals surface area contributed by atoms with E-state index in [4.69, 9.17) is 11.6 Å². The third kappa shape index (κ3) is 2.40. The molecule has 2 aromatic heterocycles. The van der Waals surface area contributed by atoms with Gasteiger partial charge in [0.25, 0.3) is 0 Å². The number of H-pyrrole nitrogens is 1. The van der Waals surface area contributed by atoms with Crippen molar-refractivity contribution in [3.05, 3.63) is 58.2 Å². The Labute approximate surface area is 118 Å². The van der Waals surface area contributed by atoms with Crippen LogP contribution in [0, 0.1) is 0 Å². The lowest BCUT2D eigenvalue weighted by Gasteiger charge is -2.11. The molecule has 3 aromatic rings. The van der Waals surface area contributed by atoms with E-state index in [1.807, 2.05) is 23.6 Å². The second kappa shape index (κ2) is 5.13. The molecule has 0 bridgehead atoms. The number of hydrogen-bond donors (Lipinski definition) is 2. The molecule has 19 heavy (non-hydrogen) atoms. The highest BCUT2D eigenvalue weighted by molar-refractivity contribution is 7.13. The van der Waals surface area contributed by atoms with Gasteiger partial charge in [0, 0.05) is 10.6 Å². The van der Waals surface area contributed by atoms with Crippen molar-refractivity contribution in [3.8, 4) is 10.7 Å². The highest BCUT2D eigenvalue weighted by atomic mass is 35.5. The molecule has 0 amide bonds. The fraction of sp³-hybridized carbons (Fsp3) is 0.0769. The number of thiophene rings is 1. The maximum absolute atomic E-state index is 10.5. The van der Waals surface area contributed by atoms with Crippen LogP contribution in [-0.4, -0.2) is 20.3 Å². The zero-order valence-electron chi connectivity index (χ0n) is 9.75. The monoisotopic (exact) mass is 291 g/mol. The minimum atomic E-state index is -0.705. The second-order valence-electron chi connectivity index (χ2n) is 3.99. The Hall–Kier alpha value is -1.69. The highest BCUT2D eigenvalue weighted by Gasteiger charge is 2.18. The summed E-state index contributed by atoms with van der Waals surface area (Å²) in [6.45, 7) is 0. The number of benzene rings is 1. The molecule has 0 fully saturated rings. The van der Waals surface area contributed by atoms with Gasteiger partial charge in [-0.1, -0.05) is 23.7 Å². The van der Waals surface area contributed by atoms with Crippen molar-refractivity contribution >= 4 is 22.9 Å². The third-order valence-corrected chi connectivity index (χ3v) is 4.00. The van der Waals surface area contributed by atoms with Crippen molar-refractivity contribution < 1.29 is 5.11 Å². The van der Waals surface area contributed by atoms with Crippen LogP contribution in [0.2, 0.25) is 5.02 Å². The smallest absolute Gasteiger partial charge is 0.165 e. The predicted molar refractivity (Wildman–Crippen MR) is 75.2 cm³/mol. The van der Waals surface area contributed by atoms with Crippen molar-refractivity contribution in [3.63, 3.8) is 0 Å². The molecule has 2 heterocycles. The average molecular weight is 292 g/mol. The number of nitrogens with one attached hydrogen (secondary N) is 1. The van der Waals surface area contributed by atoms with E-state index in [0.717, 1.165) is 16.0 Å². The first-order valence-corrected chi connectivity index (χ1v) is 6.88. The Balaban J connectivity index is 1.99. The van der Waals surface area contributed by atoms with E-state index < -0.39 is 6.10 Å². The molecule has 1 aromatic carbocycles. The maximum Gasteiger partial charge on any atom is 0.165 e.